The van der Waals surface area contributed by atoms with Crippen LogP contribution >= 0.6 is 11.3 Å². The van der Waals surface area contributed by atoms with Gasteiger partial charge in [0.25, 0.3) is 5.91 Å². The highest BCUT2D eigenvalue weighted by atomic mass is 32.1. The van der Waals surface area contributed by atoms with E-state index in [0.29, 0.717) is 12.2 Å². The molecule has 0 aliphatic rings. The molecule has 0 bridgehead atoms. The van der Waals surface area contributed by atoms with Gasteiger partial charge >= 0.3 is 5.97 Å². The van der Waals surface area contributed by atoms with Crippen molar-refractivity contribution in [2.45, 2.75) is 0 Å². The van der Waals surface area contributed by atoms with Crippen LogP contribution in [-0.2, 0) is 9.53 Å². The molecule has 1 N–H and O–H groups in total. The van der Waals surface area contributed by atoms with E-state index in [2.05, 4.69) is 0 Å². The number of carboxylic acids is 1. The maximum atomic E-state index is 12.4. The molecule has 0 aliphatic carbocycles. The zero-order valence-electron chi connectivity index (χ0n) is 11.0. The Bertz CT molecular complexity index is 622. The van der Waals surface area contributed by atoms with Crippen LogP contribution in [0.15, 0.2) is 29.6 Å². The minimum atomic E-state index is -1.04. The first-order chi connectivity index (χ1) is 9.61. The van der Waals surface area contributed by atoms with Crippen LogP contribution in [0, 0.1) is 0 Å². The molecule has 2 rings (SSSR count). The quantitative estimate of drug-likeness (QED) is 0.885. The fourth-order valence-electron chi connectivity index (χ4n) is 1.90. The van der Waals surface area contributed by atoms with E-state index in [0.717, 1.165) is 10.1 Å². The van der Waals surface area contributed by atoms with E-state index in [9.17, 15) is 9.59 Å². The number of thiophene rings is 1. The number of hydrogen-bond donors (Lipinski definition) is 1. The van der Waals surface area contributed by atoms with Gasteiger partial charge in [0, 0.05) is 23.9 Å². The predicted octanol–water partition coefficient (Wildman–Crippen LogP) is 2.07. The Morgan fingerprint density at radius 1 is 1.35 bits per heavy atom. The third kappa shape index (κ3) is 3.34. The fraction of sp³-hybridized carbons (Fsp3) is 0.286. The van der Waals surface area contributed by atoms with Crippen molar-refractivity contribution in [1.29, 1.82) is 0 Å². The number of nitrogens with zero attached hydrogens (tertiary/aromatic N) is 1. The van der Waals surface area contributed by atoms with E-state index < -0.39 is 5.97 Å². The molecule has 5 nitrogen and oxygen atoms in total. The molecule has 0 spiro atoms. The molecule has 0 saturated carbocycles. The fourth-order valence-corrected chi connectivity index (χ4v) is 2.67. The van der Waals surface area contributed by atoms with E-state index in [1.165, 1.54) is 12.0 Å². The summed E-state index contributed by atoms with van der Waals surface area (Å²) in [5.74, 6) is -1.33. The van der Waals surface area contributed by atoms with Crippen LogP contribution in [0.1, 0.15) is 10.4 Å². The zero-order valence-corrected chi connectivity index (χ0v) is 11.9. The molecule has 20 heavy (non-hydrogen) atoms. The lowest BCUT2D eigenvalue weighted by Gasteiger charge is -2.20. The predicted molar refractivity (Wildman–Crippen MR) is 77.2 cm³/mol. The highest BCUT2D eigenvalue weighted by molar-refractivity contribution is 7.17. The standard InChI is InChI=1S/C14H15NO4S/c1-19-6-5-15(9-13(16)17)14(18)11-2-3-12-10(8-11)4-7-20-12/h2-4,7-8H,5-6,9H2,1H3,(H,16,17). The second-order valence-corrected chi connectivity index (χ2v) is 5.23. The largest absolute Gasteiger partial charge is 0.480 e. The summed E-state index contributed by atoms with van der Waals surface area (Å²) >= 11 is 1.60. The first kappa shape index (κ1) is 14.5. The Morgan fingerprint density at radius 2 is 2.15 bits per heavy atom. The van der Waals surface area contributed by atoms with Crippen molar-refractivity contribution in [3.8, 4) is 0 Å². The molecule has 0 saturated heterocycles. The number of hydrogen-bond acceptors (Lipinski definition) is 4. The summed E-state index contributed by atoms with van der Waals surface area (Å²) in [4.78, 5) is 24.5. The average Bonchev–Trinajstić information content (AvgIpc) is 2.89. The molecule has 2 aromatic rings. The SMILES string of the molecule is COCCN(CC(=O)O)C(=O)c1ccc2sccc2c1. The van der Waals surface area contributed by atoms with Gasteiger partial charge in [0.15, 0.2) is 0 Å². The number of carboxylic acid groups (broad SMARTS) is 1. The summed E-state index contributed by atoms with van der Waals surface area (Å²) in [5, 5.41) is 11.8. The minimum Gasteiger partial charge on any atom is -0.480 e. The lowest BCUT2D eigenvalue weighted by molar-refractivity contribution is -0.137. The first-order valence-electron chi connectivity index (χ1n) is 6.09. The van der Waals surface area contributed by atoms with Gasteiger partial charge in [0.1, 0.15) is 6.54 Å². The van der Waals surface area contributed by atoms with Crippen LogP contribution in [0.3, 0.4) is 0 Å². The van der Waals surface area contributed by atoms with Crippen LogP contribution in [0.2, 0.25) is 0 Å². The van der Waals surface area contributed by atoms with E-state index in [1.54, 1.807) is 23.5 Å². The summed E-state index contributed by atoms with van der Waals surface area (Å²) in [7, 11) is 1.51. The van der Waals surface area contributed by atoms with Gasteiger partial charge in [-0.2, -0.15) is 0 Å². The number of carbonyl (C=O) groups excluding carboxylic acids is 1. The monoisotopic (exact) mass is 293 g/mol. The number of benzene rings is 1. The van der Waals surface area contributed by atoms with E-state index in [-0.39, 0.29) is 19.0 Å². The van der Waals surface area contributed by atoms with Crippen molar-refractivity contribution >= 4 is 33.3 Å². The Labute approximate surface area is 120 Å². The maximum absolute atomic E-state index is 12.4. The molecule has 1 amide bonds. The number of amides is 1. The second-order valence-electron chi connectivity index (χ2n) is 4.29. The van der Waals surface area contributed by atoms with Crippen LogP contribution in [0.5, 0.6) is 0 Å². The Balaban J connectivity index is 2.22. The molecule has 0 atom stereocenters. The van der Waals surface area contributed by atoms with Crippen LogP contribution in [0.4, 0.5) is 0 Å². The summed E-state index contributed by atoms with van der Waals surface area (Å²) in [6.07, 6.45) is 0. The number of fused-ring (bicyclic) bond motifs is 1. The number of methoxy groups -OCH3 is 1. The molecule has 0 fully saturated rings. The smallest absolute Gasteiger partial charge is 0.323 e. The summed E-state index contributed by atoms with van der Waals surface area (Å²) in [6, 6.07) is 7.33. The van der Waals surface area contributed by atoms with Gasteiger partial charge in [-0.05, 0) is 35.0 Å². The molecular weight excluding hydrogens is 278 g/mol. The molecule has 1 heterocycles. The third-order valence-corrected chi connectivity index (χ3v) is 3.78. The van der Waals surface area contributed by atoms with Crippen molar-refractivity contribution < 1.29 is 19.4 Å². The number of ether oxygens (including phenoxy) is 1. The average molecular weight is 293 g/mol. The molecular formula is C14H15NO4S. The highest BCUT2D eigenvalue weighted by Crippen LogP contribution is 2.22. The van der Waals surface area contributed by atoms with Crippen LogP contribution in [-0.4, -0.2) is 48.7 Å². The molecule has 0 aliphatic heterocycles. The van der Waals surface area contributed by atoms with Gasteiger partial charge in [-0.3, -0.25) is 9.59 Å². The van der Waals surface area contributed by atoms with E-state index >= 15 is 0 Å². The van der Waals surface area contributed by atoms with Gasteiger partial charge in [-0.1, -0.05) is 0 Å². The molecule has 0 unspecified atom stereocenters. The van der Waals surface area contributed by atoms with Crippen molar-refractivity contribution in [1.82, 2.24) is 4.90 Å². The minimum absolute atomic E-state index is 0.253. The third-order valence-electron chi connectivity index (χ3n) is 2.88. The van der Waals surface area contributed by atoms with Crippen molar-refractivity contribution in [3.63, 3.8) is 0 Å². The lowest BCUT2D eigenvalue weighted by Crippen LogP contribution is -2.37. The van der Waals surface area contributed by atoms with E-state index in [4.69, 9.17) is 9.84 Å². The first-order valence-corrected chi connectivity index (χ1v) is 6.97. The van der Waals surface area contributed by atoms with Crippen molar-refractivity contribution in [3.05, 3.63) is 35.2 Å². The number of carbonyl (C=O) groups is 2. The van der Waals surface area contributed by atoms with Gasteiger partial charge < -0.3 is 14.7 Å². The van der Waals surface area contributed by atoms with Crippen LogP contribution < -0.4 is 0 Å². The second kappa shape index (κ2) is 6.49. The number of aliphatic carboxylic acids is 1. The van der Waals surface area contributed by atoms with Gasteiger partial charge in [-0.25, -0.2) is 0 Å². The van der Waals surface area contributed by atoms with Crippen molar-refractivity contribution in [2.75, 3.05) is 26.8 Å². The Kier molecular flexibility index (Phi) is 4.70. The lowest BCUT2D eigenvalue weighted by atomic mass is 10.1. The highest BCUT2D eigenvalue weighted by Gasteiger charge is 2.18. The van der Waals surface area contributed by atoms with Gasteiger partial charge in [0.05, 0.1) is 6.61 Å². The van der Waals surface area contributed by atoms with E-state index in [1.807, 2.05) is 17.5 Å². The Hall–Kier alpha value is -1.92. The summed E-state index contributed by atoms with van der Waals surface area (Å²) in [5.41, 5.74) is 0.494. The summed E-state index contributed by atoms with van der Waals surface area (Å²) in [6.45, 7) is 0.229. The van der Waals surface area contributed by atoms with Gasteiger partial charge in [0.2, 0.25) is 0 Å². The van der Waals surface area contributed by atoms with Crippen molar-refractivity contribution in [2.24, 2.45) is 0 Å². The summed E-state index contributed by atoms with van der Waals surface area (Å²) < 4.78 is 6.01. The molecule has 6 heteroatoms. The normalized spacial score (nSPS) is 10.7. The molecule has 0 radical (unpaired) electrons. The molecule has 106 valence electrons. The zero-order chi connectivity index (χ0) is 14.5. The maximum Gasteiger partial charge on any atom is 0.323 e. The van der Waals surface area contributed by atoms with Gasteiger partial charge in [-0.15, -0.1) is 11.3 Å². The van der Waals surface area contributed by atoms with Crippen LogP contribution in [0.25, 0.3) is 10.1 Å². The topological polar surface area (TPSA) is 66.8 Å². The molecule has 1 aromatic heterocycles. The number of rotatable bonds is 6. The Morgan fingerprint density at radius 3 is 2.85 bits per heavy atom. The molecule has 1 aromatic carbocycles.